The van der Waals surface area contributed by atoms with E-state index in [1.165, 1.54) is 61.4 Å². The van der Waals surface area contributed by atoms with E-state index in [4.69, 9.17) is 11.6 Å². The number of benzene rings is 1. The van der Waals surface area contributed by atoms with Crippen molar-refractivity contribution in [3.8, 4) is 0 Å². The van der Waals surface area contributed by atoms with E-state index in [1.54, 1.807) is 0 Å². The predicted molar refractivity (Wildman–Crippen MR) is 109 cm³/mol. The summed E-state index contributed by atoms with van der Waals surface area (Å²) in [6, 6.07) is 8.24. The molecule has 0 atom stereocenters. The van der Waals surface area contributed by atoms with Crippen molar-refractivity contribution >= 4 is 17.2 Å². The summed E-state index contributed by atoms with van der Waals surface area (Å²) in [5.74, 6) is 1.31. The number of aromatic nitrogens is 2. The number of hydrogen-bond acceptors (Lipinski definition) is 2. The molecule has 0 bridgehead atoms. The van der Waals surface area contributed by atoms with Crippen molar-refractivity contribution in [3.63, 3.8) is 0 Å². The first-order valence-electron chi connectivity index (χ1n) is 10.0. The van der Waals surface area contributed by atoms with Crippen LogP contribution in [0.4, 0.5) is 0 Å². The Hall–Kier alpha value is -1.58. The van der Waals surface area contributed by atoms with Crippen LogP contribution in [0, 0.1) is 0 Å². The zero-order chi connectivity index (χ0) is 17.8. The molecule has 1 aromatic carbocycles. The molecule has 0 spiro atoms. The third kappa shape index (κ3) is 4.21. The van der Waals surface area contributed by atoms with Crippen LogP contribution in [0.3, 0.4) is 0 Å². The van der Waals surface area contributed by atoms with Gasteiger partial charge in [0.05, 0.1) is 0 Å². The minimum absolute atomic E-state index is 0.810. The maximum absolute atomic E-state index is 5.99. The summed E-state index contributed by atoms with van der Waals surface area (Å²) < 4.78 is 2.49. The summed E-state index contributed by atoms with van der Waals surface area (Å²) >= 11 is 5.99. The van der Waals surface area contributed by atoms with E-state index >= 15 is 0 Å². The maximum atomic E-state index is 5.99. The fourth-order valence-corrected chi connectivity index (χ4v) is 4.31. The van der Waals surface area contributed by atoms with E-state index in [0.717, 1.165) is 37.4 Å². The number of rotatable bonds is 5. The molecule has 3 heterocycles. The van der Waals surface area contributed by atoms with Gasteiger partial charge in [0.1, 0.15) is 5.82 Å². The molecule has 138 valence electrons. The third-order valence-corrected chi connectivity index (χ3v) is 5.97. The highest BCUT2D eigenvalue weighted by Gasteiger charge is 2.15. The molecule has 0 aliphatic carbocycles. The minimum atomic E-state index is 0.810. The third-order valence-electron chi connectivity index (χ3n) is 5.72. The van der Waals surface area contributed by atoms with Gasteiger partial charge in [-0.3, -0.25) is 4.90 Å². The van der Waals surface area contributed by atoms with Gasteiger partial charge in [0.25, 0.3) is 0 Å². The lowest BCUT2D eigenvalue weighted by atomic mass is 9.99. The van der Waals surface area contributed by atoms with Gasteiger partial charge in [-0.1, -0.05) is 36.2 Å². The van der Waals surface area contributed by atoms with Gasteiger partial charge in [0.15, 0.2) is 0 Å². The average molecular weight is 370 g/mol. The summed E-state index contributed by atoms with van der Waals surface area (Å²) in [4.78, 5) is 7.23. The Morgan fingerprint density at radius 2 is 1.88 bits per heavy atom. The molecular weight excluding hydrogens is 342 g/mol. The van der Waals surface area contributed by atoms with Crippen molar-refractivity contribution in [1.82, 2.24) is 14.5 Å². The van der Waals surface area contributed by atoms with E-state index in [-0.39, 0.29) is 0 Å². The van der Waals surface area contributed by atoms with Crippen molar-refractivity contribution < 1.29 is 0 Å². The van der Waals surface area contributed by atoms with Crippen molar-refractivity contribution in [2.45, 2.75) is 51.5 Å². The van der Waals surface area contributed by atoms with E-state index in [9.17, 15) is 0 Å². The van der Waals surface area contributed by atoms with Crippen LogP contribution >= 0.6 is 11.6 Å². The number of halogens is 1. The van der Waals surface area contributed by atoms with Gasteiger partial charge in [0, 0.05) is 43.0 Å². The zero-order valence-corrected chi connectivity index (χ0v) is 16.2. The first kappa shape index (κ1) is 17.8. The summed E-state index contributed by atoms with van der Waals surface area (Å²) in [5.41, 5.74) is 4.21. The quantitative estimate of drug-likeness (QED) is 0.740. The molecule has 0 fully saturated rings. The molecule has 0 amide bonds. The fourth-order valence-electron chi connectivity index (χ4n) is 4.18. The molecule has 2 aliphatic heterocycles. The molecule has 2 aromatic rings. The molecule has 0 N–H and O–H groups in total. The average Bonchev–Trinajstić information content (AvgIpc) is 2.89. The normalized spacial score (nSPS) is 18.3. The highest BCUT2D eigenvalue weighted by Crippen LogP contribution is 2.24. The Bertz CT molecular complexity index is 760. The largest absolute Gasteiger partial charge is 0.332 e. The van der Waals surface area contributed by atoms with Gasteiger partial charge in [-0.25, -0.2) is 4.98 Å². The molecule has 0 saturated carbocycles. The first-order chi connectivity index (χ1) is 12.8. The monoisotopic (exact) mass is 369 g/mol. The molecule has 3 nitrogen and oxygen atoms in total. The second-order valence-electron chi connectivity index (χ2n) is 7.52. The number of imidazole rings is 1. The number of nitrogens with zero attached hydrogens (tertiary/aromatic N) is 3. The summed E-state index contributed by atoms with van der Waals surface area (Å²) in [6.45, 7) is 4.55. The van der Waals surface area contributed by atoms with E-state index in [1.807, 2.05) is 12.1 Å². The van der Waals surface area contributed by atoms with Crippen LogP contribution in [0.2, 0.25) is 5.02 Å². The Balaban J connectivity index is 1.28. The van der Waals surface area contributed by atoms with Crippen LogP contribution in [0.25, 0.3) is 5.57 Å². The van der Waals surface area contributed by atoms with Crippen molar-refractivity contribution in [2.24, 2.45) is 0 Å². The fraction of sp³-hybridized carbons (Fsp3) is 0.500. The highest BCUT2D eigenvalue weighted by molar-refractivity contribution is 6.30. The topological polar surface area (TPSA) is 21.1 Å². The second-order valence-corrected chi connectivity index (χ2v) is 7.95. The number of aryl methyl sites for hydroxylation is 2. The van der Waals surface area contributed by atoms with Gasteiger partial charge >= 0.3 is 0 Å². The Morgan fingerprint density at radius 3 is 2.69 bits per heavy atom. The molecule has 1 aromatic heterocycles. The lowest BCUT2D eigenvalue weighted by Crippen LogP contribution is -2.29. The zero-order valence-electron chi connectivity index (χ0n) is 15.5. The van der Waals surface area contributed by atoms with Crippen molar-refractivity contribution in [3.05, 3.63) is 58.6 Å². The molecule has 4 heteroatoms. The van der Waals surface area contributed by atoms with Crippen molar-refractivity contribution in [1.29, 1.82) is 0 Å². The Kier molecular flexibility index (Phi) is 5.76. The van der Waals surface area contributed by atoms with E-state index in [2.05, 4.69) is 38.9 Å². The maximum Gasteiger partial charge on any atom is 0.108 e. The predicted octanol–water partition coefficient (Wildman–Crippen LogP) is 4.98. The minimum Gasteiger partial charge on any atom is -0.332 e. The molecule has 4 rings (SSSR count). The van der Waals surface area contributed by atoms with Gasteiger partial charge < -0.3 is 4.57 Å². The standard InChI is InChI=1S/C22H28ClN3/c23-20-9-7-18(8-10-20)19-11-15-25(16-12-19)13-4-5-21-17-24-22-6-2-1-3-14-26(21)22/h7-11,17H,1-6,12-16H2. The molecule has 0 unspecified atom stereocenters. The number of hydrogen-bond donors (Lipinski definition) is 0. The SMILES string of the molecule is Clc1ccc(C2=CCN(CCCc3cnc4n3CCCCC4)CC2)cc1. The second kappa shape index (κ2) is 8.41. The smallest absolute Gasteiger partial charge is 0.108 e. The summed E-state index contributed by atoms with van der Waals surface area (Å²) in [6.07, 6.45) is 13.1. The van der Waals surface area contributed by atoms with Crippen molar-refractivity contribution in [2.75, 3.05) is 19.6 Å². The summed E-state index contributed by atoms with van der Waals surface area (Å²) in [7, 11) is 0. The Morgan fingerprint density at radius 1 is 1.00 bits per heavy atom. The van der Waals surface area contributed by atoms with E-state index in [0.29, 0.717) is 0 Å². The van der Waals surface area contributed by atoms with Crippen LogP contribution < -0.4 is 0 Å². The molecule has 0 saturated heterocycles. The molecular formula is C22H28ClN3. The van der Waals surface area contributed by atoms with Gasteiger partial charge in [-0.05, 0) is 61.9 Å². The first-order valence-corrected chi connectivity index (χ1v) is 10.4. The lowest BCUT2D eigenvalue weighted by molar-refractivity contribution is 0.297. The number of fused-ring (bicyclic) bond motifs is 1. The molecule has 26 heavy (non-hydrogen) atoms. The van der Waals surface area contributed by atoms with Crippen LogP contribution in [0.1, 0.15) is 49.2 Å². The Labute approximate surface area is 161 Å². The highest BCUT2D eigenvalue weighted by atomic mass is 35.5. The molecule has 2 aliphatic rings. The van der Waals surface area contributed by atoms with E-state index < -0.39 is 0 Å². The van der Waals surface area contributed by atoms with Crippen LogP contribution in [-0.2, 0) is 19.4 Å². The van der Waals surface area contributed by atoms with Gasteiger partial charge in [0.2, 0.25) is 0 Å². The molecule has 0 radical (unpaired) electrons. The van der Waals surface area contributed by atoms with Crippen LogP contribution in [0.15, 0.2) is 36.5 Å². The van der Waals surface area contributed by atoms with Gasteiger partial charge in [-0.2, -0.15) is 0 Å². The lowest BCUT2D eigenvalue weighted by Gasteiger charge is -2.26. The van der Waals surface area contributed by atoms with Crippen LogP contribution in [0.5, 0.6) is 0 Å². The van der Waals surface area contributed by atoms with Gasteiger partial charge in [-0.15, -0.1) is 0 Å². The summed E-state index contributed by atoms with van der Waals surface area (Å²) in [5, 5.41) is 0.810. The van der Waals surface area contributed by atoms with Crippen LogP contribution in [-0.4, -0.2) is 34.1 Å².